The maximum Gasteiger partial charge on any atom is 0.170 e. The maximum atomic E-state index is 13.5. The van der Waals surface area contributed by atoms with Crippen LogP contribution in [0.25, 0.3) is 11.0 Å². The summed E-state index contributed by atoms with van der Waals surface area (Å²) in [5.74, 6) is -0.282. The summed E-state index contributed by atoms with van der Waals surface area (Å²) >= 11 is 0. The zero-order chi connectivity index (χ0) is 11.5. The molecular weight excluding hydrogens is 205 g/mol. The number of nitrogens with one attached hydrogen (secondary N) is 1. The fourth-order valence-corrected chi connectivity index (χ4v) is 1.94. The lowest BCUT2D eigenvalue weighted by atomic mass is 10.1. The molecule has 0 aliphatic heterocycles. The number of hydrogen-bond donors (Lipinski definition) is 1. The highest BCUT2D eigenvalue weighted by atomic mass is 19.1. The number of benzene rings is 1. The van der Waals surface area contributed by atoms with Crippen molar-refractivity contribution in [2.45, 2.75) is 20.3 Å². The molecule has 2 nitrogen and oxygen atoms in total. The van der Waals surface area contributed by atoms with Crippen LogP contribution < -0.4 is 5.32 Å². The Kier molecular flexibility index (Phi) is 3.25. The van der Waals surface area contributed by atoms with Gasteiger partial charge in [-0.05, 0) is 43.6 Å². The van der Waals surface area contributed by atoms with Crippen LogP contribution in [0.3, 0.4) is 0 Å². The summed E-state index contributed by atoms with van der Waals surface area (Å²) in [6.07, 6.45) is 2.53. The van der Waals surface area contributed by atoms with Crippen molar-refractivity contribution in [3.05, 3.63) is 35.3 Å². The predicted molar refractivity (Wildman–Crippen MR) is 63.2 cm³/mol. The molecule has 0 bridgehead atoms. The molecule has 0 saturated heterocycles. The number of rotatable bonds is 4. The molecule has 0 saturated carbocycles. The van der Waals surface area contributed by atoms with Gasteiger partial charge < -0.3 is 9.73 Å². The molecule has 1 aromatic heterocycles. The SMILES string of the molecule is CCNCCc1coc2c(F)ccc(C)c12. The third kappa shape index (κ3) is 1.95. The Balaban J connectivity index is 2.36. The molecular formula is C13H16FNO. The second kappa shape index (κ2) is 4.66. The lowest BCUT2D eigenvalue weighted by molar-refractivity contribution is 0.557. The van der Waals surface area contributed by atoms with Crippen LogP contribution >= 0.6 is 0 Å². The van der Waals surface area contributed by atoms with Gasteiger partial charge in [-0.3, -0.25) is 0 Å². The van der Waals surface area contributed by atoms with E-state index in [1.165, 1.54) is 6.07 Å². The van der Waals surface area contributed by atoms with E-state index in [1.54, 1.807) is 12.3 Å². The molecule has 0 atom stereocenters. The fraction of sp³-hybridized carbons (Fsp3) is 0.385. The molecule has 0 unspecified atom stereocenters. The van der Waals surface area contributed by atoms with Gasteiger partial charge in [0, 0.05) is 5.39 Å². The van der Waals surface area contributed by atoms with Crippen molar-refractivity contribution in [1.29, 1.82) is 0 Å². The second-order valence-corrected chi connectivity index (χ2v) is 3.93. The summed E-state index contributed by atoms with van der Waals surface area (Å²) in [7, 11) is 0. The highest BCUT2D eigenvalue weighted by Gasteiger charge is 2.11. The van der Waals surface area contributed by atoms with Crippen molar-refractivity contribution in [1.82, 2.24) is 5.32 Å². The predicted octanol–water partition coefficient (Wildman–Crippen LogP) is 3.03. The van der Waals surface area contributed by atoms with E-state index >= 15 is 0 Å². The number of halogens is 1. The van der Waals surface area contributed by atoms with Gasteiger partial charge in [-0.1, -0.05) is 13.0 Å². The van der Waals surface area contributed by atoms with Crippen molar-refractivity contribution < 1.29 is 8.81 Å². The van der Waals surface area contributed by atoms with E-state index in [0.29, 0.717) is 5.58 Å². The summed E-state index contributed by atoms with van der Waals surface area (Å²) in [5, 5.41) is 4.18. The molecule has 0 fully saturated rings. The third-order valence-corrected chi connectivity index (χ3v) is 2.78. The van der Waals surface area contributed by atoms with E-state index < -0.39 is 0 Å². The molecule has 16 heavy (non-hydrogen) atoms. The average Bonchev–Trinajstić information content (AvgIpc) is 2.69. The van der Waals surface area contributed by atoms with Gasteiger partial charge in [-0.15, -0.1) is 0 Å². The number of furan rings is 1. The fourth-order valence-electron chi connectivity index (χ4n) is 1.94. The van der Waals surface area contributed by atoms with Gasteiger partial charge in [0.25, 0.3) is 0 Å². The molecule has 0 spiro atoms. The Morgan fingerprint density at radius 3 is 2.94 bits per heavy atom. The van der Waals surface area contributed by atoms with Crippen LogP contribution in [0.1, 0.15) is 18.1 Å². The Bertz CT molecular complexity index is 490. The van der Waals surface area contributed by atoms with E-state index in [0.717, 1.165) is 36.0 Å². The minimum Gasteiger partial charge on any atom is -0.461 e. The number of aryl methyl sites for hydroxylation is 1. The molecule has 1 N–H and O–H groups in total. The number of hydrogen-bond acceptors (Lipinski definition) is 2. The van der Waals surface area contributed by atoms with E-state index in [2.05, 4.69) is 12.2 Å². The van der Waals surface area contributed by atoms with Crippen LogP contribution in [0.15, 0.2) is 22.8 Å². The van der Waals surface area contributed by atoms with Crippen molar-refractivity contribution in [2.75, 3.05) is 13.1 Å². The van der Waals surface area contributed by atoms with Gasteiger partial charge in [0.15, 0.2) is 11.4 Å². The Hall–Kier alpha value is -1.35. The monoisotopic (exact) mass is 221 g/mol. The van der Waals surface area contributed by atoms with Gasteiger partial charge in [0.1, 0.15) is 0 Å². The number of likely N-dealkylation sites (N-methyl/N-ethyl adjacent to an activating group) is 1. The topological polar surface area (TPSA) is 25.2 Å². The lowest BCUT2D eigenvalue weighted by Gasteiger charge is -2.02. The van der Waals surface area contributed by atoms with Gasteiger partial charge >= 0.3 is 0 Å². The summed E-state index contributed by atoms with van der Waals surface area (Å²) in [6.45, 7) is 5.89. The largest absolute Gasteiger partial charge is 0.461 e. The van der Waals surface area contributed by atoms with Crippen LogP contribution in [0.5, 0.6) is 0 Å². The minimum atomic E-state index is -0.282. The third-order valence-electron chi connectivity index (χ3n) is 2.78. The molecule has 86 valence electrons. The first-order valence-electron chi connectivity index (χ1n) is 5.60. The first kappa shape index (κ1) is 11.1. The molecule has 0 aliphatic rings. The molecule has 1 heterocycles. The Labute approximate surface area is 94.4 Å². The normalized spacial score (nSPS) is 11.2. The zero-order valence-electron chi connectivity index (χ0n) is 9.64. The number of fused-ring (bicyclic) bond motifs is 1. The minimum absolute atomic E-state index is 0.282. The van der Waals surface area contributed by atoms with Gasteiger partial charge in [0.05, 0.1) is 6.26 Å². The molecule has 3 heteroatoms. The second-order valence-electron chi connectivity index (χ2n) is 3.93. The van der Waals surface area contributed by atoms with E-state index in [1.807, 2.05) is 6.92 Å². The molecule has 2 rings (SSSR count). The Morgan fingerprint density at radius 2 is 2.19 bits per heavy atom. The summed E-state index contributed by atoms with van der Waals surface area (Å²) in [5.41, 5.74) is 2.52. The summed E-state index contributed by atoms with van der Waals surface area (Å²) in [4.78, 5) is 0. The van der Waals surface area contributed by atoms with Gasteiger partial charge in [-0.25, -0.2) is 4.39 Å². The van der Waals surface area contributed by atoms with Crippen LogP contribution in [0, 0.1) is 12.7 Å². The van der Waals surface area contributed by atoms with Crippen molar-refractivity contribution in [2.24, 2.45) is 0 Å². The van der Waals surface area contributed by atoms with E-state index in [9.17, 15) is 4.39 Å². The summed E-state index contributed by atoms with van der Waals surface area (Å²) < 4.78 is 18.7. The highest BCUT2D eigenvalue weighted by Crippen LogP contribution is 2.27. The summed E-state index contributed by atoms with van der Waals surface area (Å²) in [6, 6.07) is 3.25. The van der Waals surface area contributed by atoms with Crippen LogP contribution in [-0.2, 0) is 6.42 Å². The quantitative estimate of drug-likeness (QED) is 0.803. The van der Waals surface area contributed by atoms with Crippen LogP contribution in [0.2, 0.25) is 0 Å². The van der Waals surface area contributed by atoms with E-state index in [4.69, 9.17) is 4.42 Å². The molecule has 0 radical (unpaired) electrons. The molecule has 0 aliphatic carbocycles. The molecule has 2 aromatic rings. The zero-order valence-corrected chi connectivity index (χ0v) is 9.64. The first-order valence-corrected chi connectivity index (χ1v) is 5.60. The van der Waals surface area contributed by atoms with Gasteiger partial charge in [0.2, 0.25) is 0 Å². The maximum absolute atomic E-state index is 13.5. The smallest absolute Gasteiger partial charge is 0.170 e. The molecule has 0 amide bonds. The van der Waals surface area contributed by atoms with Crippen molar-refractivity contribution in [3.63, 3.8) is 0 Å². The standard InChI is InChI=1S/C13H16FNO/c1-3-15-7-6-10-8-16-13-11(14)5-4-9(2)12(10)13/h4-5,8,15H,3,6-7H2,1-2H3. The average molecular weight is 221 g/mol. The van der Waals surface area contributed by atoms with E-state index in [-0.39, 0.29) is 5.82 Å². The van der Waals surface area contributed by atoms with Crippen LogP contribution in [0.4, 0.5) is 4.39 Å². The van der Waals surface area contributed by atoms with Crippen molar-refractivity contribution in [3.8, 4) is 0 Å². The van der Waals surface area contributed by atoms with Crippen molar-refractivity contribution >= 4 is 11.0 Å². The molecule has 1 aromatic carbocycles. The van der Waals surface area contributed by atoms with Gasteiger partial charge in [-0.2, -0.15) is 0 Å². The first-order chi connectivity index (χ1) is 7.74. The van der Waals surface area contributed by atoms with Crippen LogP contribution in [-0.4, -0.2) is 13.1 Å². The lowest BCUT2D eigenvalue weighted by Crippen LogP contribution is -2.15. The highest BCUT2D eigenvalue weighted by molar-refractivity contribution is 5.85. The Morgan fingerprint density at radius 1 is 1.38 bits per heavy atom.